The third-order valence-electron chi connectivity index (χ3n) is 4.79. The van der Waals surface area contributed by atoms with Crippen LogP contribution in [-0.4, -0.2) is 12.1 Å². The molecule has 4 fully saturated rings. The van der Waals surface area contributed by atoms with E-state index >= 15 is 0 Å². The van der Waals surface area contributed by atoms with Crippen LogP contribution < -0.4 is 5.32 Å². The molecule has 0 amide bonds. The van der Waals surface area contributed by atoms with Gasteiger partial charge in [0.1, 0.15) is 0 Å². The van der Waals surface area contributed by atoms with Gasteiger partial charge in [0.2, 0.25) is 0 Å². The first-order valence-electron chi connectivity index (χ1n) is 6.55. The average Bonchev–Trinajstić information content (AvgIpc) is 2.12. The van der Waals surface area contributed by atoms with E-state index in [1.807, 2.05) is 0 Å². The molecule has 4 aliphatic carbocycles. The largest absolute Gasteiger partial charge is 0.311 e. The Hall–Kier alpha value is 0.250. The summed E-state index contributed by atoms with van der Waals surface area (Å²) >= 11 is 0. The van der Waals surface area contributed by atoms with Crippen LogP contribution in [0.4, 0.5) is 0 Å². The van der Waals surface area contributed by atoms with Gasteiger partial charge in [0.25, 0.3) is 0 Å². The lowest BCUT2D eigenvalue weighted by molar-refractivity contribution is -0.0194. The fourth-order valence-corrected chi connectivity index (χ4v) is 4.72. The zero-order chi connectivity index (χ0) is 9.60. The van der Waals surface area contributed by atoms with Crippen LogP contribution in [0.25, 0.3) is 0 Å². The predicted octanol–water partition coefficient (Wildman–Crippen LogP) is 3.38. The van der Waals surface area contributed by atoms with Crippen LogP contribution in [0.2, 0.25) is 0 Å². The van der Waals surface area contributed by atoms with Gasteiger partial charge in [0.05, 0.1) is 0 Å². The van der Waals surface area contributed by atoms with E-state index in [-0.39, 0.29) is 12.4 Å². The number of nitrogens with one attached hydrogen (secondary N) is 1. The van der Waals surface area contributed by atoms with Gasteiger partial charge in [-0.1, -0.05) is 6.92 Å². The topological polar surface area (TPSA) is 12.0 Å². The van der Waals surface area contributed by atoms with Gasteiger partial charge in [-0.2, -0.15) is 0 Å². The van der Waals surface area contributed by atoms with Crippen LogP contribution in [-0.2, 0) is 0 Å². The molecule has 4 bridgehead atoms. The molecule has 0 heterocycles. The Bertz CT molecular complexity index is 191. The first-order chi connectivity index (χ1) is 6.80. The molecular weight excluding hydrogens is 206 g/mol. The second kappa shape index (κ2) is 4.25. The fraction of sp³-hybridized carbons (Fsp3) is 1.00. The lowest BCUT2D eigenvalue weighted by Crippen LogP contribution is -2.58. The van der Waals surface area contributed by atoms with Crippen molar-refractivity contribution in [3.8, 4) is 0 Å². The molecule has 0 aromatic rings. The minimum Gasteiger partial charge on any atom is -0.311 e. The number of rotatable bonds is 3. The van der Waals surface area contributed by atoms with Crippen molar-refractivity contribution in [2.24, 2.45) is 17.8 Å². The van der Waals surface area contributed by atoms with E-state index in [0.29, 0.717) is 5.54 Å². The first kappa shape index (κ1) is 11.7. The highest BCUT2D eigenvalue weighted by Gasteiger charge is 2.50. The van der Waals surface area contributed by atoms with Crippen molar-refractivity contribution in [1.82, 2.24) is 5.32 Å². The Morgan fingerprint density at radius 1 is 1.00 bits per heavy atom. The molecule has 0 aliphatic heterocycles. The Balaban J connectivity index is 0.000000853. The molecular formula is C13H24ClN. The van der Waals surface area contributed by atoms with Crippen LogP contribution in [0.5, 0.6) is 0 Å². The van der Waals surface area contributed by atoms with Gasteiger partial charge in [-0.25, -0.2) is 0 Å². The minimum absolute atomic E-state index is 0. The van der Waals surface area contributed by atoms with Gasteiger partial charge < -0.3 is 5.32 Å². The molecule has 88 valence electrons. The van der Waals surface area contributed by atoms with Gasteiger partial charge in [-0.15, -0.1) is 12.4 Å². The number of halogens is 1. The summed E-state index contributed by atoms with van der Waals surface area (Å²) in [4.78, 5) is 0. The van der Waals surface area contributed by atoms with Gasteiger partial charge in [-0.05, 0) is 69.2 Å². The smallest absolute Gasteiger partial charge is 0.0189 e. The van der Waals surface area contributed by atoms with Crippen molar-refractivity contribution in [2.75, 3.05) is 6.54 Å². The zero-order valence-electron chi connectivity index (χ0n) is 9.80. The summed E-state index contributed by atoms with van der Waals surface area (Å²) in [6.07, 6.45) is 10.5. The van der Waals surface area contributed by atoms with Crippen molar-refractivity contribution in [3.63, 3.8) is 0 Å². The molecule has 0 unspecified atom stereocenters. The molecule has 0 radical (unpaired) electrons. The van der Waals surface area contributed by atoms with Crippen LogP contribution in [0, 0.1) is 17.8 Å². The fourth-order valence-electron chi connectivity index (χ4n) is 4.72. The number of hydrogen-bond donors (Lipinski definition) is 1. The lowest BCUT2D eigenvalue weighted by Gasteiger charge is -2.57. The van der Waals surface area contributed by atoms with Gasteiger partial charge in [0, 0.05) is 5.54 Å². The molecule has 4 rings (SSSR count). The Kier molecular flexibility index (Phi) is 3.33. The summed E-state index contributed by atoms with van der Waals surface area (Å²) < 4.78 is 0. The lowest BCUT2D eigenvalue weighted by atomic mass is 9.53. The van der Waals surface area contributed by atoms with Crippen molar-refractivity contribution in [2.45, 2.75) is 57.4 Å². The molecule has 1 N–H and O–H groups in total. The molecule has 4 saturated carbocycles. The first-order valence-corrected chi connectivity index (χ1v) is 6.55. The average molecular weight is 230 g/mol. The maximum Gasteiger partial charge on any atom is 0.0189 e. The quantitative estimate of drug-likeness (QED) is 0.783. The van der Waals surface area contributed by atoms with E-state index in [1.165, 1.54) is 32.2 Å². The second-order valence-corrected chi connectivity index (χ2v) is 6.12. The van der Waals surface area contributed by atoms with E-state index in [4.69, 9.17) is 0 Å². The maximum atomic E-state index is 3.88. The molecule has 0 aromatic carbocycles. The van der Waals surface area contributed by atoms with Crippen molar-refractivity contribution in [3.05, 3.63) is 0 Å². The van der Waals surface area contributed by atoms with Crippen LogP contribution >= 0.6 is 12.4 Å². The second-order valence-electron chi connectivity index (χ2n) is 6.12. The highest BCUT2D eigenvalue weighted by atomic mass is 35.5. The summed E-state index contributed by atoms with van der Waals surface area (Å²) in [6, 6.07) is 0. The van der Waals surface area contributed by atoms with Crippen LogP contribution in [0.3, 0.4) is 0 Å². The van der Waals surface area contributed by atoms with E-state index < -0.39 is 0 Å². The summed E-state index contributed by atoms with van der Waals surface area (Å²) in [7, 11) is 0. The standard InChI is InChI=1S/C13H23N.ClH/c1-2-3-14-13-7-10-4-11(8-13)6-12(5-10)9-13;/h10-12,14H,2-9H2,1H3;1H. The van der Waals surface area contributed by atoms with Crippen LogP contribution in [0.1, 0.15) is 51.9 Å². The summed E-state index contributed by atoms with van der Waals surface area (Å²) in [5.74, 6) is 3.27. The predicted molar refractivity (Wildman–Crippen MR) is 66.4 cm³/mol. The van der Waals surface area contributed by atoms with E-state index in [9.17, 15) is 0 Å². The third kappa shape index (κ3) is 2.06. The minimum atomic E-state index is 0. The van der Waals surface area contributed by atoms with Crippen molar-refractivity contribution >= 4 is 12.4 Å². The summed E-state index contributed by atoms with van der Waals surface area (Å²) in [5, 5.41) is 3.88. The van der Waals surface area contributed by atoms with Crippen molar-refractivity contribution in [1.29, 1.82) is 0 Å². The van der Waals surface area contributed by atoms with Gasteiger partial charge in [-0.3, -0.25) is 0 Å². The SMILES string of the molecule is CCCNC12CC3CC(CC(C3)C1)C2.Cl. The third-order valence-corrected chi connectivity index (χ3v) is 4.79. The summed E-state index contributed by atoms with van der Waals surface area (Å²) in [5.41, 5.74) is 0.602. The molecule has 0 spiro atoms. The summed E-state index contributed by atoms with van der Waals surface area (Å²) in [6.45, 7) is 3.53. The molecule has 0 atom stereocenters. The van der Waals surface area contributed by atoms with E-state index in [1.54, 1.807) is 19.3 Å². The molecule has 0 aromatic heterocycles. The van der Waals surface area contributed by atoms with Gasteiger partial charge in [0.15, 0.2) is 0 Å². The van der Waals surface area contributed by atoms with E-state index in [2.05, 4.69) is 12.2 Å². The monoisotopic (exact) mass is 229 g/mol. The number of hydrogen-bond acceptors (Lipinski definition) is 1. The maximum absolute atomic E-state index is 3.88. The molecule has 15 heavy (non-hydrogen) atoms. The van der Waals surface area contributed by atoms with Crippen LogP contribution in [0.15, 0.2) is 0 Å². The Morgan fingerprint density at radius 2 is 1.47 bits per heavy atom. The van der Waals surface area contributed by atoms with Crippen molar-refractivity contribution < 1.29 is 0 Å². The highest BCUT2D eigenvalue weighted by Crippen LogP contribution is 2.55. The van der Waals surface area contributed by atoms with Gasteiger partial charge >= 0.3 is 0 Å². The zero-order valence-corrected chi connectivity index (χ0v) is 10.6. The Morgan fingerprint density at radius 3 is 1.87 bits per heavy atom. The van der Waals surface area contributed by atoms with E-state index in [0.717, 1.165) is 17.8 Å². The molecule has 4 aliphatic rings. The Labute approximate surface area is 99.8 Å². The normalized spacial score (nSPS) is 46.6. The molecule has 2 heteroatoms. The molecule has 0 saturated heterocycles. The molecule has 1 nitrogen and oxygen atoms in total. The highest BCUT2D eigenvalue weighted by molar-refractivity contribution is 5.85.